The van der Waals surface area contributed by atoms with Gasteiger partial charge in [0.1, 0.15) is 11.6 Å². The molecule has 1 N–H and O–H groups in total. The number of anilines is 1. The molecule has 5 atom stereocenters. The van der Waals surface area contributed by atoms with Crippen LogP contribution in [0.3, 0.4) is 0 Å². The number of hydrogen-bond acceptors (Lipinski definition) is 3. The molecule has 4 nitrogen and oxygen atoms in total. The molecule has 2 saturated carbocycles. The Bertz CT molecular complexity index is 1200. The summed E-state index contributed by atoms with van der Waals surface area (Å²) in [7, 11) is 0. The van der Waals surface area contributed by atoms with Gasteiger partial charge in [0.25, 0.3) is 0 Å². The first-order valence-corrected chi connectivity index (χ1v) is 11.6. The van der Waals surface area contributed by atoms with E-state index in [1.54, 1.807) is 18.3 Å². The van der Waals surface area contributed by atoms with Gasteiger partial charge in [0, 0.05) is 23.7 Å². The third kappa shape index (κ3) is 4.38. The first kappa shape index (κ1) is 22.7. The Morgan fingerprint density at radius 1 is 1.03 bits per heavy atom. The highest BCUT2D eigenvalue weighted by molar-refractivity contribution is 5.91. The first-order chi connectivity index (χ1) is 16.2. The quantitative estimate of drug-likeness (QED) is 0.437. The third-order valence-electron chi connectivity index (χ3n) is 7.69. The zero-order valence-electron chi connectivity index (χ0n) is 18.6. The normalized spacial score (nSPS) is 25.3. The Kier molecular flexibility index (Phi) is 5.78. The van der Waals surface area contributed by atoms with Gasteiger partial charge in [0.2, 0.25) is 5.91 Å². The highest BCUT2D eigenvalue weighted by Gasteiger charge is 2.44. The van der Waals surface area contributed by atoms with Crippen molar-refractivity contribution in [2.24, 2.45) is 23.7 Å². The minimum absolute atomic E-state index is 0.125. The van der Waals surface area contributed by atoms with Crippen molar-refractivity contribution in [3.63, 3.8) is 0 Å². The van der Waals surface area contributed by atoms with Crippen molar-refractivity contribution in [3.05, 3.63) is 65.7 Å². The van der Waals surface area contributed by atoms with Crippen molar-refractivity contribution in [1.29, 1.82) is 0 Å². The first-order valence-electron chi connectivity index (χ1n) is 11.6. The zero-order valence-corrected chi connectivity index (χ0v) is 18.6. The molecule has 5 rings (SSSR count). The van der Waals surface area contributed by atoms with Crippen molar-refractivity contribution < 1.29 is 22.4 Å². The monoisotopic (exact) mass is 471 g/mol. The second-order valence-electron chi connectivity index (χ2n) is 9.69. The summed E-state index contributed by atoms with van der Waals surface area (Å²) in [6.07, 6.45) is 1.95. The third-order valence-corrected chi connectivity index (χ3v) is 7.69. The maximum absolute atomic E-state index is 13.9. The number of nitrogens with one attached hydrogen (secondary N) is 1. The van der Waals surface area contributed by atoms with E-state index in [0.29, 0.717) is 17.8 Å². The van der Waals surface area contributed by atoms with Gasteiger partial charge in [-0.25, -0.2) is 9.37 Å². The Balaban J connectivity index is 1.21. The predicted molar refractivity (Wildman–Crippen MR) is 120 cm³/mol. The number of pyridine rings is 2. The number of nitrogens with zero attached hydrogens (tertiary/aromatic N) is 2. The molecule has 0 radical (unpaired) electrons. The fourth-order valence-electron chi connectivity index (χ4n) is 5.91. The number of alkyl halides is 3. The van der Waals surface area contributed by atoms with Crippen LogP contribution in [0.4, 0.5) is 23.4 Å². The molecule has 2 aliphatic carbocycles. The fraction of sp³-hybridized carbons (Fsp3) is 0.423. The standard InChI is InChI=1S/C26H25F4N3O/c1-14(25(34)33-24-5-2-19(13-32-24)26(28,29)30)15-8-16-10-18(11-17(16)9-15)21-6-7-31-23-4-3-20(27)12-22(21)23/h2-7,12-18H,8-11H2,1H3,(H,32,33,34)/t14-,15?,16-,17+,18?/m1/s1. The van der Waals surface area contributed by atoms with Gasteiger partial charge >= 0.3 is 6.18 Å². The van der Waals surface area contributed by atoms with Crippen LogP contribution in [0.2, 0.25) is 0 Å². The molecular weight excluding hydrogens is 446 g/mol. The second kappa shape index (κ2) is 8.64. The summed E-state index contributed by atoms with van der Waals surface area (Å²) in [4.78, 5) is 20.9. The minimum Gasteiger partial charge on any atom is -0.310 e. The molecule has 0 saturated heterocycles. The number of hydrogen-bond donors (Lipinski definition) is 1. The Morgan fingerprint density at radius 3 is 2.41 bits per heavy atom. The van der Waals surface area contributed by atoms with Crippen LogP contribution in [0, 0.1) is 29.5 Å². The molecule has 2 unspecified atom stereocenters. The molecule has 2 heterocycles. The number of halogens is 4. The van der Waals surface area contributed by atoms with E-state index in [9.17, 15) is 22.4 Å². The number of carbonyl (C=O) groups excluding carboxylic acids is 1. The number of rotatable bonds is 4. The molecule has 3 aromatic rings. The van der Waals surface area contributed by atoms with E-state index in [4.69, 9.17) is 0 Å². The molecule has 34 heavy (non-hydrogen) atoms. The molecule has 1 aromatic carbocycles. The van der Waals surface area contributed by atoms with E-state index in [1.807, 2.05) is 13.0 Å². The van der Waals surface area contributed by atoms with Crippen molar-refractivity contribution in [1.82, 2.24) is 9.97 Å². The van der Waals surface area contributed by atoms with E-state index >= 15 is 0 Å². The SMILES string of the molecule is C[C@@H](C(=O)Nc1ccc(C(F)(F)F)cn1)C1C[C@H]2CC(c3ccnc4ccc(F)cc34)C[C@H]2C1. The van der Waals surface area contributed by atoms with Gasteiger partial charge < -0.3 is 5.32 Å². The van der Waals surface area contributed by atoms with Crippen molar-refractivity contribution in [2.75, 3.05) is 5.32 Å². The van der Waals surface area contributed by atoms with Crippen LogP contribution in [0.15, 0.2) is 48.8 Å². The molecular formula is C26H25F4N3O. The van der Waals surface area contributed by atoms with Crippen molar-refractivity contribution in [3.8, 4) is 0 Å². The molecule has 1 amide bonds. The van der Waals surface area contributed by atoms with Gasteiger partial charge in [-0.1, -0.05) is 6.92 Å². The molecule has 0 aliphatic heterocycles. The summed E-state index contributed by atoms with van der Waals surface area (Å²) < 4.78 is 52.0. The number of carbonyl (C=O) groups is 1. The summed E-state index contributed by atoms with van der Waals surface area (Å²) in [5, 5.41) is 3.54. The van der Waals surface area contributed by atoms with Crippen LogP contribution in [0.1, 0.15) is 49.7 Å². The molecule has 2 aliphatic rings. The molecule has 2 aromatic heterocycles. The van der Waals surface area contributed by atoms with E-state index in [0.717, 1.165) is 54.4 Å². The summed E-state index contributed by atoms with van der Waals surface area (Å²) >= 11 is 0. The molecule has 0 bridgehead atoms. The maximum atomic E-state index is 13.9. The molecule has 0 spiro atoms. The summed E-state index contributed by atoms with van der Waals surface area (Å²) in [6.45, 7) is 1.88. The van der Waals surface area contributed by atoms with Crippen molar-refractivity contribution >= 4 is 22.6 Å². The smallest absolute Gasteiger partial charge is 0.310 e. The van der Waals surface area contributed by atoms with Crippen LogP contribution in [0.5, 0.6) is 0 Å². The topological polar surface area (TPSA) is 54.9 Å². The lowest BCUT2D eigenvalue weighted by Crippen LogP contribution is -2.26. The van der Waals surface area contributed by atoms with E-state index in [1.165, 1.54) is 12.1 Å². The lowest BCUT2D eigenvalue weighted by atomic mass is 9.86. The van der Waals surface area contributed by atoms with Crippen molar-refractivity contribution in [2.45, 2.75) is 44.7 Å². The Morgan fingerprint density at radius 2 is 1.76 bits per heavy atom. The van der Waals surface area contributed by atoms with Crippen LogP contribution < -0.4 is 5.32 Å². The van der Waals surface area contributed by atoms with Crippen LogP contribution >= 0.6 is 0 Å². The number of fused-ring (bicyclic) bond motifs is 2. The number of amides is 1. The zero-order chi connectivity index (χ0) is 24.0. The molecule has 8 heteroatoms. The Labute approximate surface area is 194 Å². The molecule has 178 valence electrons. The van der Waals surface area contributed by atoms with Gasteiger partial charge in [0.05, 0.1) is 11.1 Å². The fourth-order valence-corrected chi connectivity index (χ4v) is 5.91. The Hall–Kier alpha value is -3.03. The largest absolute Gasteiger partial charge is 0.417 e. The van der Waals surface area contributed by atoms with E-state index in [-0.39, 0.29) is 29.4 Å². The van der Waals surface area contributed by atoms with Gasteiger partial charge in [-0.05, 0) is 91.3 Å². The highest BCUT2D eigenvalue weighted by Crippen LogP contribution is 2.54. The van der Waals surface area contributed by atoms with Gasteiger partial charge in [0.15, 0.2) is 0 Å². The second-order valence-corrected chi connectivity index (χ2v) is 9.69. The summed E-state index contributed by atoms with van der Waals surface area (Å²) in [5.41, 5.74) is 1.10. The minimum atomic E-state index is -4.46. The average Bonchev–Trinajstić information content (AvgIpc) is 3.37. The van der Waals surface area contributed by atoms with E-state index < -0.39 is 11.7 Å². The van der Waals surface area contributed by atoms with Gasteiger partial charge in [-0.15, -0.1) is 0 Å². The van der Waals surface area contributed by atoms with Gasteiger partial charge in [-0.3, -0.25) is 9.78 Å². The van der Waals surface area contributed by atoms with Gasteiger partial charge in [-0.2, -0.15) is 13.2 Å². The number of benzene rings is 1. The lowest BCUT2D eigenvalue weighted by molar-refractivity contribution is -0.137. The van der Waals surface area contributed by atoms with Crippen LogP contribution in [0.25, 0.3) is 10.9 Å². The lowest BCUT2D eigenvalue weighted by Gasteiger charge is -2.21. The summed E-state index contributed by atoms with van der Waals surface area (Å²) in [5.74, 6) is 0.967. The van der Waals surface area contributed by atoms with Crippen LogP contribution in [-0.2, 0) is 11.0 Å². The maximum Gasteiger partial charge on any atom is 0.417 e. The summed E-state index contributed by atoms with van der Waals surface area (Å²) in [6, 6.07) is 8.81. The van der Waals surface area contributed by atoms with Crippen LogP contribution in [-0.4, -0.2) is 15.9 Å². The predicted octanol–water partition coefficient (Wildman–Crippen LogP) is 6.58. The average molecular weight is 471 g/mol. The molecule has 2 fully saturated rings. The highest BCUT2D eigenvalue weighted by atomic mass is 19.4. The number of aromatic nitrogens is 2. The van der Waals surface area contributed by atoms with E-state index in [2.05, 4.69) is 15.3 Å².